The normalized spacial score (nSPS) is 29.6. The van der Waals surface area contributed by atoms with Gasteiger partial charge in [-0.25, -0.2) is 0 Å². The molecule has 0 amide bonds. The lowest BCUT2D eigenvalue weighted by molar-refractivity contribution is 0.156. The summed E-state index contributed by atoms with van der Waals surface area (Å²) in [6.07, 6.45) is 17.5. The number of hydrogen-bond donors (Lipinski definition) is 0. The summed E-state index contributed by atoms with van der Waals surface area (Å²) < 4.78 is 0. The first-order chi connectivity index (χ1) is 13.0. The number of hydrogen-bond acceptors (Lipinski definition) is 0. The van der Waals surface area contributed by atoms with Gasteiger partial charge in [0.2, 0.25) is 0 Å². The van der Waals surface area contributed by atoms with Crippen LogP contribution in [-0.4, -0.2) is 7.38 Å². The highest BCUT2D eigenvalue weighted by molar-refractivity contribution is 7.26. The monoisotopic (exact) mass is 404 g/mol. The molecule has 0 atom stereocenters. The van der Waals surface area contributed by atoms with Gasteiger partial charge in [0.05, 0.1) is 0 Å². The molecule has 3 rings (SSSR count). The maximum atomic E-state index is 6.83. The van der Waals surface area contributed by atoms with Crippen LogP contribution < -0.4 is 5.19 Å². The van der Waals surface area contributed by atoms with E-state index in [4.69, 9.17) is 11.1 Å². The van der Waals surface area contributed by atoms with Gasteiger partial charge in [-0.05, 0) is 72.9 Å². The molecule has 0 aromatic heterocycles. The molecule has 1 aromatic rings. The fourth-order valence-corrected chi connectivity index (χ4v) is 7.91. The van der Waals surface area contributed by atoms with Crippen LogP contribution >= 0.6 is 11.1 Å². The first-order valence-corrected chi connectivity index (χ1v) is 15.8. The van der Waals surface area contributed by atoms with E-state index in [1.165, 1.54) is 82.2 Å². The summed E-state index contributed by atoms with van der Waals surface area (Å²) in [6.45, 7) is 6.87. The lowest BCUT2D eigenvalue weighted by atomic mass is 9.68. The predicted molar refractivity (Wildman–Crippen MR) is 124 cm³/mol. The van der Waals surface area contributed by atoms with E-state index in [2.05, 4.69) is 44.3 Å². The van der Waals surface area contributed by atoms with Crippen molar-refractivity contribution in [1.82, 2.24) is 0 Å². The molecule has 2 aliphatic carbocycles. The Labute approximate surface area is 174 Å². The van der Waals surface area contributed by atoms with Gasteiger partial charge in [-0.15, -0.1) is 0 Å². The molecule has 0 heterocycles. The van der Waals surface area contributed by atoms with Crippen LogP contribution in [0.25, 0.3) is 0 Å². The minimum atomic E-state index is -1.76. The Kier molecular flexibility index (Phi) is 7.91. The SMILES string of the molecule is CCCCCC1CCC(C2CCC(c3ccccc3[Si](C)(C)Cl)CC2)CC1. The van der Waals surface area contributed by atoms with Gasteiger partial charge in [-0.2, -0.15) is 11.1 Å². The van der Waals surface area contributed by atoms with Crippen molar-refractivity contribution in [2.75, 3.05) is 0 Å². The number of benzene rings is 1. The quantitative estimate of drug-likeness (QED) is 0.245. The third-order valence-corrected chi connectivity index (χ3v) is 9.93. The Hall–Kier alpha value is -0.273. The van der Waals surface area contributed by atoms with Gasteiger partial charge >= 0.3 is 0 Å². The highest BCUT2D eigenvalue weighted by atomic mass is 35.6. The Morgan fingerprint density at radius 2 is 1.44 bits per heavy atom. The summed E-state index contributed by atoms with van der Waals surface area (Å²) in [4.78, 5) is 0. The molecule has 1 aromatic carbocycles. The molecule has 0 spiro atoms. The molecule has 2 aliphatic rings. The summed E-state index contributed by atoms with van der Waals surface area (Å²) in [6, 6.07) is 9.09. The van der Waals surface area contributed by atoms with E-state index in [-0.39, 0.29) is 0 Å². The van der Waals surface area contributed by atoms with Crippen molar-refractivity contribution in [2.45, 2.75) is 103 Å². The maximum absolute atomic E-state index is 6.83. The van der Waals surface area contributed by atoms with E-state index < -0.39 is 7.38 Å². The summed E-state index contributed by atoms with van der Waals surface area (Å²) in [5.74, 6) is 3.84. The molecule has 27 heavy (non-hydrogen) atoms. The lowest BCUT2D eigenvalue weighted by Crippen LogP contribution is -2.39. The average molecular weight is 405 g/mol. The summed E-state index contributed by atoms with van der Waals surface area (Å²) in [5, 5.41) is 1.49. The minimum Gasteiger partial charge on any atom is -0.162 e. The van der Waals surface area contributed by atoms with Gasteiger partial charge in [0, 0.05) is 0 Å². The molecular weight excluding hydrogens is 364 g/mol. The molecule has 0 N–H and O–H groups in total. The zero-order valence-corrected chi connectivity index (χ0v) is 19.7. The number of unbranched alkanes of at least 4 members (excludes halogenated alkanes) is 2. The molecule has 0 aliphatic heterocycles. The molecule has 2 fully saturated rings. The number of halogens is 1. The molecular formula is C25H41ClSi. The van der Waals surface area contributed by atoms with E-state index in [1.54, 1.807) is 5.56 Å². The summed E-state index contributed by atoms with van der Waals surface area (Å²) in [7, 11) is -1.76. The Bertz CT molecular complexity index is 560. The smallest absolute Gasteiger partial charge is 0.162 e. The molecule has 2 saturated carbocycles. The highest BCUT2D eigenvalue weighted by Crippen LogP contribution is 2.44. The van der Waals surface area contributed by atoms with Crippen molar-refractivity contribution in [3.8, 4) is 0 Å². The first kappa shape index (κ1) is 21.4. The second kappa shape index (κ2) is 9.97. The van der Waals surface area contributed by atoms with Crippen LogP contribution in [0.1, 0.15) is 95.5 Å². The van der Waals surface area contributed by atoms with E-state index in [1.807, 2.05) is 0 Å². The fraction of sp³-hybridized carbons (Fsp3) is 0.760. The van der Waals surface area contributed by atoms with Crippen LogP contribution in [0.15, 0.2) is 24.3 Å². The molecule has 0 radical (unpaired) electrons. The maximum Gasteiger partial charge on any atom is 0.181 e. The zero-order valence-electron chi connectivity index (χ0n) is 18.0. The molecule has 0 unspecified atom stereocenters. The first-order valence-electron chi connectivity index (χ1n) is 11.8. The van der Waals surface area contributed by atoms with Crippen molar-refractivity contribution in [2.24, 2.45) is 17.8 Å². The molecule has 2 heteroatoms. The van der Waals surface area contributed by atoms with Crippen LogP contribution in [0.4, 0.5) is 0 Å². The standard InChI is InChI=1S/C25H41ClSi/c1-4-5-6-9-20-12-14-21(15-13-20)22-16-18-23(19-17-22)24-10-7-8-11-25(24)27(2,3)26/h7-8,10-11,20-23H,4-6,9,12-19H2,1-3H3. The van der Waals surface area contributed by atoms with E-state index >= 15 is 0 Å². The Balaban J connectivity index is 1.49. The minimum absolute atomic E-state index is 0.758. The second-order valence-corrected chi connectivity index (χ2v) is 16.3. The zero-order chi connectivity index (χ0) is 19.3. The van der Waals surface area contributed by atoms with Crippen molar-refractivity contribution < 1.29 is 0 Å². The van der Waals surface area contributed by atoms with Crippen LogP contribution in [0.3, 0.4) is 0 Å². The third-order valence-electron chi connectivity index (χ3n) is 7.59. The van der Waals surface area contributed by atoms with Crippen molar-refractivity contribution in [3.05, 3.63) is 29.8 Å². The second-order valence-electron chi connectivity index (χ2n) is 9.95. The molecule has 0 nitrogen and oxygen atoms in total. The van der Waals surface area contributed by atoms with Crippen LogP contribution in [0.5, 0.6) is 0 Å². The molecule has 152 valence electrons. The summed E-state index contributed by atoms with van der Waals surface area (Å²) >= 11 is 6.83. The van der Waals surface area contributed by atoms with E-state index in [0.29, 0.717) is 0 Å². The largest absolute Gasteiger partial charge is 0.181 e. The molecule has 0 bridgehead atoms. The van der Waals surface area contributed by atoms with Gasteiger partial charge in [0.1, 0.15) is 0 Å². The van der Waals surface area contributed by atoms with Crippen LogP contribution in [0, 0.1) is 17.8 Å². The molecule has 0 saturated heterocycles. The van der Waals surface area contributed by atoms with Crippen molar-refractivity contribution >= 4 is 23.6 Å². The van der Waals surface area contributed by atoms with Crippen LogP contribution in [0.2, 0.25) is 13.1 Å². The summed E-state index contributed by atoms with van der Waals surface area (Å²) in [5.41, 5.74) is 1.59. The van der Waals surface area contributed by atoms with Gasteiger partial charge in [-0.1, -0.05) is 82.8 Å². The van der Waals surface area contributed by atoms with Gasteiger partial charge in [-0.3, -0.25) is 0 Å². The highest BCUT2D eigenvalue weighted by Gasteiger charge is 2.33. The van der Waals surface area contributed by atoms with E-state index in [0.717, 1.165) is 23.7 Å². The van der Waals surface area contributed by atoms with Crippen molar-refractivity contribution in [1.29, 1.82) is 0 Å². The Morgan fingerprint density at radius 3 is 2.04 bits per heavy atom. The Morgan fingerprint density at radius 1 is 0.852 bits per heavy atom. The van der Waals surface area contributed by atoms with Gasteiger partial charge in [0.25, 0.3) is 0 Å². The van der Waals surface area contributed by atoms with E-state index in [9.17, 15) is 0 Å². The lowest BCUT2D eigenvalue weighted by Gasteiger charge is -2.38. The van der Waals surface area contributed by atoms with Gasteiger partial charge < -0.3 is 0 Å². The van der Waals surface area contributed by atoms with Gasteiger partial charge in [0.15, 0.2) is 7.38 Å². The number of rotatable bonds is 7. The predicted octanol–water partition coefficient (Wildman–Crippen LogP) is 8.00. The average Bonchev–Trinajstić information content (AvgIpc) is 2.68. The van der Waals surface area contributed by atoms with Crippen LogP contribution in [-0.2, 0) is 0 Å². The van der Waals surface area contributed by atoms with Crippen molar-refractivity contribution in [3.63, 3.8) is 0 Å². The topological polar surface area (TPSA) is 0 Å². The third kappa shape index (κ3) is 5.86. The fourth-order valence-electron chi connectivity index (χ4n) is 5.93.